The van der Waals surface area contributed by atoms with Gasteiger partial charge in [-0.25, -0.2) is 9.78 Å². The van der Waals surface area contributed by atoms with Crippen LogP contribution in [0.4, 0.5) is 0 Å². The van der Waals surface area contributed by atoms with Crippen LogP contribution in [0, 0.1) is 5.92 Å². The highest BCUT2D eigenvalue weighted by Gasteiger charge is 2.28. The summed E-state index contributed by atoms with van der Waals surface area (Å²) in [6, 6.07) is 2.93. The highest BCUT2D eigenvalue weighted by Crippen LogP contribution is 2.18. The monoisotopic (exact) mass is 292 g/mol. The van der Waals surface area contributed by atoms with Crippen molar-refractivity contribution in [2.75, 3.05) is 19.8 Å². The fourth-order valence-corrected chi connectivity index (χ4v) is 2.47. The average Bonchev–Trinajstić information content (AvgIpc) is 2.46. The number of carbonyl (C=O) groups excluding carboxylic acids is 1. The normalized spacial score (nSPS) is 18.8. The van der Waals surface area contributed by atoms with Crippen molar-refractivity contribution in [3.05, 3.63) is 29.6 Å². The topological polar surface area (TPSA) is 79.7 Å². The largest absolute Gasteiger partial charge is 0.477 e. The predicted molar refractivity (Wildman–Crippen MR) is 76.3 cm³/mol. The summed E-state index contributed by atoms with van der Waals surface area (Å²) in [5.74, 6) is -0.744. The third kappa shape index (κ3) is 3.78. The number of nitrogens with zero attached hydrogens (tertiary/aromatic N) is 2. The Balaban J connectivity index is 2.14. The van der Waals surface area contributed by atoms with Gasteiger partial charge in [0.2, 0.25) is 0 Å². The Hall–Kier alpha value is -1.95. The van der Waals surface area contributed by atoms with Gasteiger partial charge in [-0.05, 0) is 24.5 Å². The Morgan fingerprint density at radius 2 is 2.24 bits per heavy atom. The molecule has 1 aromatic heterocycles. The molecule has 0 bridgehead atoms. The van der Waals surface area contributed by atoms with E-state index in [1.165, 1.54) is 18.3 Å². The summed E-state index contributed by atoms with van der Waals surface area (Å²) >= 11 is 0. The summed E-state index contributed by atoms with van der Waals surface area (Å²) in [6.45, 7) is 5.85. The average molecular weight is 292 g/mol. The third-order valence-corrected chi connectivity index (χ3v) is 3.46. The molecular weight excluding hydrogens is 272 g/mol. The van der Waals surface area contributed by atoms with Crippen molar-refractivity contribution in [2.24, 2.45) is 5.92 Å². The van der Waals surface area contributed by atoms with Crippen molar-refractivity contribution >= 4 is 11.9 Å². The van der Waals surface area contributed by atoms with Crippen LogP contribution in [-0.4, -0.2) is 52.7 Å². The maximum Gasteiger partial charge on any atom is 0.354 e. The Kier molecular flexibility index (Phi) is 4.90. The number of aromatic carboxylic acids is 1. The highest BCUT2D eigenvalue weighted by atomic mass is 16.5. The minimum absolute atomic E-state index is 0.0606. The molecular formula is C15H20N2O4. The summed E-state index contributed by atoms with van der Waals surface area (Å²) in [5.41, 5.74) is 0.350. The smallest absolute Gasteiger partial charge is 0.354 e. The number of ether oxygens (including phenoxy) is 1. The van der Waals surface area contributed by atoms with Gasteiger partial charge in [0.1, 0.15) is 5.69 Å². The van der Waals surface area contributed by atoms with Crippen LogP contribution in [0.15, 0.2) is 18.3 Å². The summed E-state index contributed by atoms with van der Waals surface area (Å²) < 4.78 is 5.46. The van der Waals surface area contributed by atoms with Crippen molar-refractivity contribution in [3.63, 3.8) is 0 Å². The number of carboxylic acids is 1. The van der Waals surface area contributed by atoms with E-state index in [4.69, 9.17) is 9.84 Å². The second kappa shape index (κ2) is 6.67. The first-order valence-corrected chi connectivity index (χ1v) is 7.07. The van der Waals surface area contributed by atoms with Crippen LogP contribution in [0.3, 0.4) is 0 Å². The number of carboxylic acid groups (broad SMARTS) is 1. The van der Waals surface area contributed by atoms with Crippen LogP contribution in [0.5, 0.6) is 0 Å². The Labute approximate surface area is 123 Å². The Morgan fingerprint density at radius 3 is 2.81 bits per heavy atom. The van der Waals surface area contributed by atoms with Gasteiger partial charge in [0.15, 0.2) is 0 Å². The number of aromatic nitrogens is 1. The molecule has 1 saturated heterocycles. The number of pyridine rings is 1. The first-order chi connectivity index (χ1) is 9.99. The molecule has 21 heavy (non-hydrogen) atoms. The zero-order chi connectivity index (χ0) is 15.4. The van der Waals surface area contributed by atoms with Gasteiger partial charge in [-0.15, -0.1) is 0 Å². The molecule has 2 rings (SSSR count). The number of rotatable bonds is 4. The predicted octanol–water partition coefficient (Wildman–Crippen LogP) is 1.67. The number of hydrogen-bond donors (Lipinski definition) is 1. The number of carbonyl (C=O) groups is 2. The Bertz CT molecular complexity index is 513. The van der Waals surface area contributed by atoms with Crippen molar-refractivity contribution in [2.45, 2.75) is 26.3 Å². The van der Waals surface area contributed by atoms with E-state index in [1.54, 1.807) is 4.90 Å². The molecule has 1 aromatic rings. The number of amides is 1. The lowest BCUT2D eigenvalue weighted by Crippen LogP contribution is -2.49. The van der Waals surface area contributed by atoms with Crippen LogP contribution >= 0.6 is 0 Å². The van der Waals surface area contributed by atoms with Gasteiger partial charge < -0.3 is 14.7 Å². The second-order valence-electron chi connectivity index (χ2n) is 5.59. The molecule has 1 unspecified atom stereocenters. The van der Waals surface area contributed by atoms with E-state index in [0.717, 1.165) is 6.42 Å². The fraction of sp³-hybridized carbons (Fsp3) is 0.533. The molecule has 114 valence electrons. The van der Waals surface area contributed by atoms with E-state index in [2.05, 4.69) is 18.8 Å². The number of morpholine rings is 1. The standard InChI is InChI=1S/C15H20N2O4/c1-10(2)7-12-9-21-6-5-17(12)14(18)11-3-4-13(15(19)20)16-8-11/h3-4,8,10,12H,5-7,9H2,1-2H3,(H,19,20). The summed E-state index contributed by atoms with van der Waals surface area (Å²) in [7, 11) is 0. The fourth-order valence-electron chi connectivity index (χ4n) is 2.47. The van der Waals surface area contributed by atoms with Gasteiger partial charge in [0.25, 0.3) is 5.91 Å². The van der Waals surface area contributed by atoms with Crippen LogP contribution in [-0.2, 0) is 4.74 Å². The summed E-state index contributed by atoms with van der Waals surface area (Å²) in [4.78, 5) is 28.9. The second-order valence-corrected chi connectivity index (χ2v) is 5.59. The molecule has 1 aliphatic heterocycles. The first-order valence-electron chi connectivity index (χ1n) is 7.07. The first kappa shape index (κ1) is 15.4. The van der Waals surface area contributed by atoms with Crippen molar-refractivity contribution in [3.8, 4) is 0 Å². The van der Waals surface area contributed by atoms with E-state index < -0.39 is 5.97 Å². The molecule has 0 spiro atoms. The van der Waals surface area contributed by atoms with Crippen LogP contribution in [0.25, 0.3) is 0 Å². The van der Waals surface area contributed by atoms with E-state index in [0.29, 0.717) is 31.2 Å². The molecule has 6 nitrogen and oxygen atoms in total. The number of hydrogen-bond acceptors (Lipinski definition) is 4. The van der Waals surface area contributed by atoms with E-state index in [-0.39, 0.29) is 17.6 Å². The van der Waals surface area contributed by atoms with E-state index >= 15 is 0 Å². The van der Waals surface area contributed by atoms with Crippen LogP contribution in [0.1, 0.15) is 41.1 Å². The zero-order valence-electron chi connectivity index (χ0n) is 12.3. The van der Waals surface area contributed by atoms with Crippen LogP contribution in [0.2, 0.25) is 0 Å². The van der Waals surface area contributed by atoms with Crippen LogP contribution < -0.4 is 0 Å². The van der Waals surface area contributed by atoms with Gasteiger partial charge >= 0.3 is 5.97 Å². The molecule has 1 amide bonds. The lowest BCUT2D eigenvalue weighted by Gasteiger charge is -2.36. The minimum atomic E-state index is -1.10. The lowest BCUT2D eigenvalue weighted by atomic mass is 10.0. The Morgan fingerprint density at radius 1 is 1.48 bits per heavy atom. The molecule has 2 heterocycles. The van der Waals surface area contributed by atoms with Crippen molar-refractivity contribution in [1.82, 2.24) is 9.88 Å². The minimum Gasteiger partial charge on any atom is -0.477 e. The van der Waals surface area contributed by atoms with Gasteiger partial charge in [-0.1, -0.05) is 13.8 Å². The van der Waals surface area contributed by atoms with Gasteiger partial charge in [-0.3, -0.25) is 4.79 Å². The molecule has 1 atom stereocenters. The van der Waals surface area contributed by atoms with Gasteiger partial charge in [-0.2, -0.15) is 0 Å². The lowest BCUT2D eigenvalue weighted by molar-refractivity contribution is -0.00749. The molecule has 0 radical (unpaired) electrons. The van der Waals surface area contributed by atoms with E-state index in [9.17, 15) is 9.59 Å². The van der Waals surface area contributed by atoms with Gasteiger partial charge in [0.05, 0.1) is 24.8 Å². The maximum atomic E-state index is 12.6. The molecule has 1 fully saturated rings. The third-order valence-electron chi connectivity index (χ3n) is 3.46. The van der Waals surface area contributed by atoms with Crippen molar-refractivity contribution < 1.29 is 19.4 Å². The molecule has 6 heteroatoms. The maximum absolute atomic E-state index is 12.6. The molecule has 0 aliphatic carbocycles. The molecule has 1 N–H and O–H groups in total. The molecule has 1 aliphatic rings. The van der Waals surface area contributed by atoms with E-state index in [1.807, 2.05) is 0 Å². The molecule has 0 saturated carbocycles. The zero-order valence-corrected chi connectivity index (χ0v) is 12.3. The van der Waals surface area contributed by atoms with Gasteiger partial charge in [0, 0.05) is 12.7 Å². The molecule has 0 aromatic carbocycles. The highest BCUT2D eigenvalue weighted by molar-refractivity contribution is 5.95. The summed E-state index contributed by atoms with van der Waals surface area (Å²) in [5, 5.41) is 8.83. The van der Waals surface area contributed by atoms with Crippen molar-refractivity contribution in [1.29, 1.82) is 0 Å². The SMILES string of the molecule is CC(C)CC1COCCN1C(=O)c1ccc(C(=O)O)nc1. The quantitative estimate of drug-likeness (QED) is 0.913. The summed E-state index contributed by atoms with van der Waals surface area (Å²) in [6.07, 6.45) is 2.21.